The maximum atomic E-state index is 9.38. The van der Waals surface area contributed by atoms with Crippen LogP contribution in [0.2, 0.25) is 0 Å². The second kappa shape index (κ2) is 5.32. The van der Waals surface area contributed by atoms with Crippen molar-refractivity contribution in [2.45, 2.75) is 32.0 Å². The van der Waals surface area contributed by atoms with Crippen LogP contribution >= 0.6 is 0 Å². The van der Waals surface area contributed by atoms with Gasteiger partial charge in [-0.05, 0) is 37.5 Å². The van der Waals surface area contributed by atoms with Crippen LogP contribution in [0.15, 0.2) is 24.3 Å². The van der Waals surface area contributed by atoms with Crippen LogP contribution in [-0.2, 0) is 4.74 Å². The van der Waals surface area contributed by atoms with Gasteiger partial charge in [-0.2, -0.15) is 0 Å². The van der Waals surface area contributed by atoms with Gasteiger partial charge in [-0.25, -0.2) is 0 Å². The van der Waals surface area contributed by atoms with Crippen molar-refractivity contribution in [1.82, 2.24) is 0 Å². The molecule has 0 spiro atoms. The third kappa shape index (κ3) is 2.97. The Morgan fingerprint density at radius 1 is 1.38 bits per heavy atom. The number of hydrogen-bond donors (Lipinski definition) is 1. The maximum absolute atomic E-state index is 9.38. The van der Waals surface area contributed by atoms with Gasteiger partial charge < -0.3 is 14.6 Å². The van der Waals surface area contributed by atoms with Crippen molar-refractivity contribution < 1.29 is 14.6 Å². The van der Waals surface area contributed by atoms with Crippen molar-refractivity contribution in [3.05, 3.63) is 29.8 Å². The van der Waals surface area contributed by atoms with Gasteiger partial charge in [0.1, 0.15) is 11.9 Å². The summed E-state index contributed by atoms with van der Waals surface area (Å²) in [5.74, 6) is 0.847. The summed E-state index contributed by atoms with van der Waals surface area (Å²) in [5, 5.41) is 9.38. The molecule has 1 heterocycles. The minimum Gasteiger partial charge on any atom is -0.488 e. The molecule has 1 fully saturated rings. The molecule has 2 rings (SSSR count). The van der Waals surface area contributed by atoms with Crippen LogP contribution in [0.4, 0.5) is 0 Å². The van der Waals surface area contributed by atoms with Crippen molar-refractivity contribution in [3.63, 3.8) is 0 Å². The summed E-state index contributed by atoms with van der Waals surface area (Å²) in [7, 11) is 0. The van der Waals surface area contributed by atoms with Crippen molar-refractivity contribution in [3.8, 4) is 5.75 Å². The minimum absolute atomic E-state index is 0.172. The van der Waals surface area contributed by atoms with Crippen molar-refractivity contribution >= 4 is 0 Å². The number of aliphatic hydroxyl groups is 1. The van der Waals surface area contributed by atoms with E-state index in [1.807, 2.05) is 24.3 Å². The molecule has 0 bridgehead atoms. The average molecular weight is 222 g/mol. The lowest BCUT2D eigenvalue weighted by atomic mass is 10.1. The van der Waals surface area contributed by atoms with Gasteiger partial charge in [-0.3, -0.25) is 0 Å². The van der Waals surface area contributed by atoms with Crippen LogP contribution in [0, 0.1) is 0 Å². The molecule has 1 aliphatic heterocycles. The van der Waals surface area contributed by atoms with Crippen LogP contribution in [-0.4, -0.2) is 24.4 Å². The summed E-state index contributed by atoms with van der Waals surface area (Å²) >= 11 is 0. The summed E-state index contributed by atoms with van der Waals surface area (Å²) in [6.45, 7) is 3.28. The van der Waals surface area contributed by atoms with Crippen molar-refractivity contribution in [2.75, 3.05) is 13.2 Å². The molecular weight excluding hydrogens is 204 g/mol. The molecular formula is C13H18O3. The quantitative estimate of drug-likeness (QED) is 0.852. The second-order valence-corrected chi connectivity index (χ2v) is 4.20. The van der Waals surface area contributed by atoms with Crippen molar-refractivity contribution in [2.24, 2.45) is 0 Å². The molecule has 0 aromatic heterocycles. The Labute approximate surface area is 96.0 Å². The zero-order chi connectivity index (χ0) is 11.4. The Bertz CT molecular complexity index is 312. The van der Waals surface area contributed by atoms with Crippen LogP contribution in [0.3, 0.4) is 0 Å². The Morgan fingerprint density at radius 3 is 2.69 bits per heavy atom. The predicted octanol–water partition coefficient (Wildman–Crippen LogP) is 2.30. The maximum Gasteiger partial charge on any atom is 0.122 e. The molecule has 88 valence electrons. The summed E-state index contributed by atoms with van der Waals surface area (Å²) < 4.78 is 11.1. The van der Waals surface area contributed by atoms with E-state index in [9.17, 15) is 5.11 Å². The first-order valence-corrected chi connectivity index (χ1v) is 5.78. The largest absolute Gasteiger partial charge is 0.488 e. The van der Waals surface area contributed by atoms with Gasteiger partial charge in [-0.15, -0.1) is 0 Å². The summed E-state index contributed by atoms with van der Waals surface area (Å²) in [6.07, 6.45) is 1.87. The van der Waals surface area contributed by atoms with E-state index in [1.54, 1.807) is 6.92 Å². The topological polar surface area (TPSA) is 38.7 Å². The van der Waals surface area contributed by atoms with Crippen LogP contribution in [0.5, 0.6) is 5.75 Å². The SMILES string of the molecule is CC(O)c1ccc(OC2CCCOC2)cc1. The van der Waals surface area contributed by atoms with Crippen LogP contribution in [0.25, 0.3) is 0 Å². The van der Waals surface area contributed by atoms with E-state index in [1.165, 1.54) is 0 Å². The van der Waals surface area contributed by atoms with E-state index >= 15 is 0 Å². The Hall–Kier alpha value is -1.06. The Balaban J connectivity index is 1.93. The highest BCUT2D eigenvalue weighted by atomic mass is 16.5. The lowest BCUT2D eigenvalue weighted by molar-refractivity contribution is 0.00741. The first-order valence-electron chi connectivity index (χ1n) is 5.78. The smallest absolute Gasteiger partial charge is 0.122 e. The molecule has 0 saturated carbocycles. The molecule has 16 heavy (non-hydrogen) atoms. The number of aliphatic hydroxyl groups excluding tert-OH is 1. The number of benzene rings is 1. The number of rotatable bonds is 3. The molecule has 1 aromatic carbocycles. The predicted molar refractivity (Wildman–Crippen MR) is 61.5 cm³/mol. The molecule has 2 unspecified atom stereocenters. The highest BCUT2D eigenvalue weighted by molar-refractivity contribution is 5.28. The fourth-order valence-electron chi connectivity index (χ4n) is 1.82. The molecule has 1 aromatic rings. The fraction of sp³-hybridized carbons (Fsp3) is 0.538. The highest BCUT2D eigenvalue weighted by Gasteiger charge is 2.15. The summed E-state index contributed by atoms with van der Waals surface area (Å²) in [4.78, 5) is 0. The Morgan fingerprint density at radius 2 is 2.12 bits per heavy atom. The van der Waals surface area contributed by atoms with Gasteiger partial charge in [0.2, 0.25) is 0 Å². The summed E-state index contributed by atoms with van der Waals surface area (Å²) in [5.41, 5.74) is 0.909. The lowest BCUT2D eigenvalue weighted by Crippen LogP contribution is -2.27. The monoisotopic (exact) mass is 222 g/mol. The molecule has 2 atom stereocenters. The molecule has 1 aliphatic rings. The molecule has 1 saturated heterocycles. The average Bonchev–Trinajstić information content (AvgIpc) is 2.31. The molecule has 0 radical (unpaired) electrons. The standard InChI is InChI=1S/C13H18O3/c1-10(14)11-4-6-12(7-5-11)16-13-3-2-8-15-9-13/h4-7,10,13-14H,2-3,8-9H2,1H3. The van der Waals surface area contributed by atoms with E-state index < -0.39 is 6.10 Å². The molecule has 1 N–H and O–H groups in total. The third-order valence-electron chi connectivity index (χ3n) is 2.78. The first kappa shape index (κ1) is 11.4. The van der Waals surface area contributed by atoms with Gasteiger partial charge in [0.25, 0.3) is 0 Å². The van der Waals surface area contributed by atoms with Gasteiger partial charge in [0.05, 0.1) is 12.7 Å². The van der Waals surface area contributed by atoms with Crippen LogP contribution in [0.1, 0.15) is 31.4 Å². The van der Waals surface area contributed by atoms with Gasteiger partial charge in [0, 0.05) is 6.61 Å². The van der Waals surface area contributed by atoms with Gasteiger partial charge in [0.15, 0.2) is 0 Å². The van der Waals surface area contributed by atoms with E-state index in [-0.39, 0.29) is 6.10 Å². The fourth-order valence-corrected chi connectivity index (χ4v) is 1.82. The van der Waals surface area contributed by atoms with E-state index in [0.717, 1.165) is 30.8 Å². The number of hydrogen-bond acceptors (Lipinski definition) is 3. The minimum atomic E-state index is -0.424. The van der Waals surface area contributed by atoms with Gasteiger partial charge >= 0.3 is 0 Å². The van der Waals surface area contributed by atoms with E-state index in [2.05, 4.69) is 0 Å². The first-order chi connectivity index (χ1) is 7.75. The zero-order valence-electron chi connectivity index (χ0n) is 9.56. The number of ether oxygens (including phenoxy) is 2. The lowest BCUT2D eigenvalue weighted by Gasteiger charge is -2.23. The zero-order valence-corrected chi connectivity index (χ0v) is 9.56. The normalized spacial score (nSPS) is 22.8. The highest BCUT2D eigenvalue weighted by Crippen LogP contribution is 2.20. The van der Waals surface area contributed by atoms with Gasteiger partial charge in [-0.1, -0.05) is 12.1 Å². The van der Waals surface area contributed by atoms with Crippen molar-refractivity contribution in [1.29, 1.82) is 0 Å². The molecule has 3 nitrogen and oxygen atoms in total. The van der Waals surface area contributed by atoms with E-state index in [0.29, 0.717) is 6.61 Å². The summed E-state index contributed by atoms with van der Waals surface area (Å²) in [6, 6.07) is 7.58. The third-order valence-corrected chi connectivity index (χ3v) is 2.78. The molecule has 3 heteroatoms. The Kier molecular flexibility index (Phi) is 3.80. The van der Waals surface area contributed by atoms with E-state index in [4.69, 9.17) is 9.47 Å². The molecule has 0 aliphatic carbocycles. The molecule has 0 amide bonds. The van der Waals surface area contributed by atoms with Crippen LogP contribution < -0.4 is 4.74 Å². The second-order valence-electron chi connectivity index (χ2n) is 4.20.